The van der Waals surface area contributed by atoms with Gasteiger partial charge in [0, 0.05) is 19.8 Å². The number of aromatic hydroxyl groups is 1. The normalized spacial score (nSPS) is 11.7. The number of aromatic nitrogens is 2. The highest BCUT2D eigenvalue weighted by Crippen LogP contribution is 2.18. The minimum Gasteiger partial charge on any atom is -0.494 e. The third kappa shape index (κ3) is 2.58. The lowest BCUT2D eigenvalue weighted by Crippen LogP contribution is -2.39. The van der Waals surface area contributed by atoms with E-state index in [0.717, 1.165) is 9.13 Å². The van der Waals surface area contributed by atoms with Crippen LogP contribution in [-0.2, 0) is 14.1 Å². The van der Waals surface area contributed by atoms with Gasteiger partial charge in [0.05, 0.1) is 11.4 Å². The van der Waals surface area contributed by atoms with E-state index in [-0.39, 0.29) is 5.56 Å². The zero-order chi connectivity index (χ0) is 15.7. The van der Waals surface area contributed by atoms with E-state index >= 15 is 0 Å². The van der Waals surface area contributed by atoms with Gasteiger partial charge < -0.3 is 10.8 Å². The minimum atomic E-state index is -0.599. The maximum atomic E-state index is 12.1. The summed E-state index contributed by atoms with van der Waals surface area (Å²) < 4.78 is 1.92. The molecule has 3 N–H and O–H groups in total. The van der Waals surface area contributed by atoms with E-state index < -0.39 is 17.1 Å². The molecule has 0 aliphatic carbocycles. The highest BCUT2D eigenvalue weighted by atomic mass is 16.3. The first-order chi connectivity index (χ1) is 9.82. The first-order valence-corrected chi connectivity index (χ1v) is 6.23. The highest BCUT2D eigenvalue weighted by molar-refractivity contribution is 6.01. The van der Waals surface area contributed by atoms with Crippen LogP contribution >= 0.6 is 0 Å². The van der Waals surface area contributed by atoms with Crippen LogP contribution in [-0.4, -0.2) is 20.0 Å². The molecule has 0 bridgehead atoms. The smallest absolute Gasteiger partial charge is 0.333 e. The summed E-state index contributed by atoms with van der Waals surface area (Å²) in [6, 6.07) is 6.83. The lowest BCUT2D eigenvalue weighted by atomic mass is 10.2. The van der Waals surface area contributed by atoms with Crippen molar-refractivity contribution < 1.29 is 5.11 Å². The summed E-state index contributed by atoms with van der Waals surface area (Å²) in [6.07, 6.45) is 0. The molecule has 2 rings (SSSR count). The predicted octanol–water partition coefficient (Wildman–Crippen LogP) is 0.513. The maximum Gasteiger partial charge on any atom is 0.333 e. The first kappa shape index (κ1) is 14.6. The minimum absolute atomic E-state index is 0.0120. The molecule has 0 amide bonds. The SMILES string of the molecule is CC(=Nc1cccc(N)c1)c1c(O)n(C)c(=O)n(C)c1=O. The molecule has 0 saturated heterocycles. The van der Waals surface area contributed by atoms with Crippen LogP contribution in [0.15, 0.2) is 38.8 Å². The van der Waals surface area contributed by atoms with E-state index in [1.54, 1.807) is 31.2 Å². The van der Waals surface area contributed by atoms with Crippen molar-refractivity contribution in [3.8, 4) is 5.88 Å². The monoisotopic (exact) mass is 288 g/mol. The molecule has 0 unspecified atom stereocenters. The second kappa shape index (κ2) is 5.28. The summed E-state index contributed by atoms with van der Waals surface area (Å²) in [5.41, 5.74) is 5.86. The van der Waals surface area contributed by atoms with Gasteiger partial charge in [0.15, 0.2) is 0 Å². The van der Waals surface area contributed by atoms with Gasteiger partial charge in [-0.3, -0.25) is 18.9 Å². The molecule has 0 spiro atoms. The Balaban J connectivity index is 2.67. The van der Waals surface area contributed by atoms with E-state index in [1.165, 1.54) is 14.1 Å². The highest BCUT2D eigenvalue weighted by Gasteiger charge is 2.17. The molecule has 0 aliphatic heterocycles. The molecule has 7 heteroatoms. The van der Waals surface area contributed by atoms with Crippen LogP contribution in [0.5, 0.6) is 5.88 Å². The number of aliphatic imine (C=N–C) groups is 1. The molecule has 0 atom stereocenters. The Morgan fingerprint density at radius 3 is 2.52 bits per heavy atom. The number of nitrogens with zero attached hydrogens (tertiary/aromatic N) is 3. The van der Waals surface area contributed by atoms with Crippen molar-refractivity contribution in [1.29, 1.82) is 0 Å². The lowest BCUT2D eigenvalue weighted by Gasteiger charge is -2.10. The van der Waals surface area contributed by atoms with Gasteiger partial charge in [-0.2, -0.15) is 0 Å². The number of anilines is 1. The van der Waals surface area contributed by atoms with Crippen molar-refractivity contribution in [1.82, 2.24) is 9.13 Å². The predicted molar refractivity (Wildman–Crippen MR) is 81.3 cm³/mol. The largest absolute Gasteiger partial charge is 0.494 e. The second-order valence-electron chi connectivity index (χ2n) is 4.70. The van der Waals surface area contributed by atoms with Crippen molar-refractivity contribution in [3.05, 3.63) is 50.7 Å². The molecule has 2 aromatic rings. The number of benzene rings is 1. The first-order valence-electron chi connectivity index (χ1n) is 6.23. The van der Waals surface area contributed by atoms with E-state index in [1.807, 2.05) is 0 Å². The van der Waals surface area contributed by atoms with Gasteiger partial charge in [-0.25, -0.2) is 4.79 Å². The molecular weight excluding hydrogens is 272 g/mol. The third-order valence-corrected chi connectivity index (χ3v) is 3.16. The Bertz CT molecular complexity index is 846. The van der Waals surface area contributed by atoms with Gasteiger partial charge in [-0.1, -0.05) is 6.07 Å². The second-order valence-corrected chi connectivity index (χ2v) is 4.70. The van der Waals surface area contributed by atoms with Gasteiger partial charge >= 0.3 is 5.69 Å². The number of rotatable bonds is 2. The van der Waals surface area contributed by atoms with E-state index in [2.05, 4.69) is 4.99 Å². The van der Waals surface area contributed by atoms with Gasteiger partial charge in [-0.15, -0.1) is 0 Å². The number of nitrogen functional groups attached to an aromatic ring is 1. The Labute approximate surface area is 120 Å². The molecular formula is C14H16N4O3. The van der Waals surface area contributed by atoms with Crippen LogP contribution in [0.2, 0.25) is 0 Å². The molecule has 1 aromatic carbocycles. The Morgan fingerprint density at radius 2 is 1.90 bits per heavy atom. The van der Waals surface area contributed by atoms with E-state index in [0.29, 0.717) is 17.1 Å². The number of hydrogen-bond acceptors (Lipinski definition) is 5. The van der Waals surface area contributed by atoms with E-state index in [9.17, 15) is 14.7 Å². The van der Waals surface area contributed by atoms with Crippen LogP contribution < -0.4 is 17.0 Å². The molecule has 110 valence electrons. The molecule has 0 aliphatic rings. The third-order valence-electron chi connectivity index (χ3n) is 3.16. The molecule has 0 saturated carbocycles. The van der Waals surface area contributed by atoms with Crippen LogP contribution in [0.3, 0.4) is 0 Å². The van der Waals surface area contributed by atoms with Crippen molar-refractivity contribution in [2.45, 2.75) is 6.92 Å². The molecule has 7 nitrogen and oxygen atoms in total. The maximum absolute atomic E-state index is 12.1. The van der Waals surface area contributed by atoms with Gasteiger partial charge in [-0.05, 0) is 25.1 Å². The Kier molecular flexibility index (Phi) is 3.66. The summed E-state index contributed by atoms with van der Waals surface area (Å²) in [6.45, 7) is 1.59. The molecule has 1 heterocycles. The summed E-state index contributed by atoms with van der Waals surface area (Å²) in [4.78, 5) is 28.1. The summed E-state index contributed by atoms with van der Waals surface area (Å²) >= 11 is 0. The standard InChI is InChI=1S/C14H16N4O3/c1-8(16-10-6-4-5-9(15)7-10)11-12(19)17(2)14(21)18(3)13(11)20/h4-7,19H,15H2,1-3H3. The van der Waals surface area contributed by atoms with Crippen molar-refractivity contribution in [2.24, 2.45) is 19.1 Å². The average Bonchev–Trinajstić information content (AvgIpc) is 2.43. The quantitative estimate of drug-likeness (QED) is 0.621. The molecule has 0 fully saturated rings. The topological polar surface area (TPSA) is 103 Å². The molecule has 0 radical (unpaired) electrons. The van der Waals surface area contributed by atoms with Crippen LogP contribution in [0.1, 0.15) is 12.5 Å². The number of hydrogen-bond donors (Lipinski definition) is 2. The fraction of sp³-hybridized carbons (Fsp3) is 0.214. The zero-order valence-electron chi connectivity index (χ0n) is 12.0. The Morgan fingerprint density at radius 1 is 1.24 bits per heavy atom. The number of nitrogens with two attached hydrogens (primary N) is 1. The van der Waals surface area contributed by atoms with Crippen molar-refractivity contribution in [2.75, 3.05) is 5.73 Å². The lowest BCUT2D eigenvalue weighted by molar-refractivity contribution is 0.410. The van der Waals surface area contributed by atoms with Crippen molar-refractivity contribution >= 4 is 17.1 Å². The van der Waals surface area contributed by atoms with Gasteiger partial charge in [0.1, 0.15) is 5.56 Å². The van der Waals surface area contributed by atoms with Gasteiger partial charge in [0.25, 0.3) is 5.56 Å². The van der Waals surface area contributed by atoms with Crippen LogP contribution in [0.25, 0.3) is 0 Å². The fourth-order valence-electron chi connectivity index (χ4n) is 1.99. The van der Waals surface area contributed by atoms with E-state index in [4.69, 9.17) is 5.73 Å². The van der Waals surface area contributed by atoms with Crippen LogP contribution in [0.4, 0.5) is 11.4 Å². The summed E-state index contributed by atoms with van der Waals surface area (Å²) in [5, 5.41) is 10.0. The molecule has 21 heavy (non-hydrogen) atoms. The van der Waals surface area contributed by atoms with Crippen LogP contribution in [0, 0.1) is 0 Å². The summed E-state index contributed by atoms with van der Waals surface area (Å²) in [7, 11) is 2.73. The average molecular weight is 288 g/mol. The zero-order valence-corrected chi connectivity index (χ0v) is 12.0. The molecule has 1 aromatic heterocycles. The van der Waals surface area contributed by atoms with Crippen molar-refractivity contribution in [3.63, 3.8) is 0 Å². The summed E-state index contributed by atoms with van der Waals surface area (Å²) in [5.74, 6) is -0.409. The Hall–Kier alpha value is -2.83. The fourth-order valence-corrected chi connectivity index (χ4v) is 1.99. The van der Waals surface area contributed by atoms with Gasteiger partial charge in [0.2, 0.25) is 5.88 Å².